The molecule has 1 aromatic heterocycles. The van der Waals surface area contributed by atoms with E-state index in [1.165, 1.54) is 0 Å². The maximum absolute atomic E-state index is 12.8. The van der Waals surface area contributed by atoms with Crippen LogP contribution in [0.5, 0.6) is 5.75 Å². The zero-order valence-electron chi connectivity index (χ0n) is 14.0. The fourth-order valence-electron chi connectivity index (χ4n) is 3.23. The van der Waals surface area contributed by atoms with Gasteiger partial charge in [-0.05, 0) is 24.3 Å². The number of ether oxygens (including phenoxy) is 2. The summed E-state index contributed by atoms with van der Waals surface area (Å²) in [5, 5.41) is 1.20. The first-order chi connectivity index (χ1) is 11.8. The van der Waals surface area contributed by atoms with Crippen molar-refractivity contribution < 1.29 is 13.9 Å². The number of methoxy groups -OCH3 is 1. The van der Waals surface area contributed by atoms with Crippen molar-refractivity contribution in [2.24, 2.45) is 0 Å². The summed E-state index contributed by atoms with van der Waals surface area (Å²) in [4.78, 5) is 15.1. The third kappa shape index (κ3) is 3.23. The molecule has 25 heavy (non-hydrogen) atoms. The highest BCUT2D eigenvalue weighted by Gasteiger charge is 2.19. The standard InChI is InChI=1S/C19H19NO4.ClH/c1-22-16-7-6-14-18(21)13-4-2-3-5-17(13)24-19(14)15(16)12-20-8-10-23-11-9-20;/h2-7H,8-12H2,1H3;1H. The van der Waals surface area contributed by atoms with Crippen LogP contribution in [0.25, 0.3) is 21.9 Å². The second-order valence-corrected chi connectivity index (χ2v) is 5.94. The molecule has 0 saturated carbocycles. The van der Waals surface area contributed by atoms with Crippen molar-refractivity contribution >= 4 is 34.3 Å². The van der Waals surface area contributed by atoms with Crippen molar-refractivity contribution in [3.63, 3.8) is 0 Å². The predicted molar refractivity (Wildman–Crippen MR) is 99.9 cm³/mol. The van der Waals surface area contributed by atoms with Crippen molar-refractivity contribution in [2.45, 2.75) is 6.54 Å². The lowest BCUT2D eigenvalue weighted by Crippen LogP contribution is -2.35. The van der Waals surface area contributed by atoms with Gasteiger partial charge in [-0.25, -0.2) is 0 Å². The molecule has 2 aromatic carbocycles. The van der Waals surface area contributed by atoms with E-state index in [0.29, 0.717) is 28.5 Å². The van der Waals surface area contributed by atoms with E-state index in [1.807, 2.05) is 24.3 Å². The molecular weight excluding hydrogens is 342 g/mol. The summed E-state index contributed by atoms with van der Waals surface area (Å²) in [6, 6.07) is 11.0. The molecule has 0 unspecified atom stereocenters. The number of rotatable bonds is 3. The Hall–Kier alpha value is -2.08. The van der Waals surface area contributed by atoms with Gasteiger partial charge in [-0.3, -0.25) is 9.69 Å². The molecule has 0 atom stereocenters. The average molecular weight is 362 g/mol. The van der Waals surface area contributed by atoms with E-state index in [9.17, 15) is 4.79 Å². The SMILES string of the molecule is COc1ccc2c(=O)c3ccccc3oc2c1CN1CCOCC1.Cl. The number of morpholine rings is 1. The second-order valence-electron chi connectivity index (χ2n) is 5.94. The van der Waals surface area contributed by atoms with Crippen LogP contribution in [-0.2, 0) is 11.3 Å². The Bertz CT molecular complexity index is 947. The summed E-state index contributed by atoms with van der Waals surface area (Å²) in [6.45, 7) is 3.83. The van der Waals surface area contributed by atoms with Gasteiger partial charge < -0.3 is 13.9 Å². The Morgan fingerprint density at radius 1 is 1.08 bits per heavy atom. The third-order valence-corrected chi connectivity index (χ3v) is 4.51. The number of nitrogens with zero attached hydrogens (tertiary/aromatic N) is 1. The molecule has 6 heteroatoms. The van der Waals surface area contributed by atoms with Crippen molar-refractivity contribution in [3.8, 4) is 5.75 Å². The van der Waals surface area contributed by atoms with Gasteiger partial charge in [0.15, 0.2) is 0 Å². The lowest BCUT2D eigenvalue weighted by Gasteiger charge is -2.27. The first-order valence-electron chi connectivity index (χ1n) is 8.09. The van der Waals surface area contributed by atoms with Crippen LogP contribution in [0.2, 0.25) is 0 Å². The van der Waals surface area contributed by atoms with Gasteiger partial charge in [-0.15, -0.1) is 12.4 Å². The Balaban J connectivity index is 0.00000182. The topological polar surface area (TPSA) is 51.9 Å². The Morgan fingerprint density at radius 3 is 2.60 bits per heavy atom. The van der Waals surface area contributed by atoms with E-state index in [2.05, 4.69) is 4.90 Å². The van der Waals surface area contributed by atoms with Crippen LogP contribution < -0.4 is 10.2 Å². The molecule has 4 rings (SSSR count). The van der Waals surface area contributed by atoms with Crippen LogP contribution in [-0.4, -0.2) is 38.3 Å². The molecule has 0 bridgehead atoms. The number of para-hydroxylation sites is 1. The molecule has 2 heterocycles. The molecule has 1 aliphatic heterocycles. The molecule has 0 amide bonds. The smallest absolute Gasteiger partial charge is 0.200 e. The fourth-order valence-corrected chi connectivity index (χ4v) is 3.23. The summed E-state index contributed by atoms with van der Waals surface area (Å²) < 4.78 is 17.0. The van der Waals surface area contributed by atoms with Crippen molar-refractivity contribution in [1.29, 1.82) is 0 Å². The number of fused-ring (bicyclic) bond motifs is 2. The molecule has 1 saturated heterocycles. The molecule has 0 radical (unpaired) electrons. The summed E-state index contributed by atoms with van der Waals surface area (Å²) in [7, 11) is 1.64. The van der Waals surface area contributed by atoms with Gasteiger partial charge in [0.2, 0.25) is 5.43 Å². The van der Waals surface area contributed by atoms with Gasteiger partial charge in [0.1, 0.15) is 16.9 Å². The fraction of sp³-hybridized carbons (Fsp3) is 0.316. The Labute approximate surface area is 151 Å². The lowest BCUT2D eigenvalue weighted by molar-refractivity contribution is 0.0339. The van der Waals surface area contributed by atoms with Crippen LogP contribution in [0.4, 0.5) is 0 Å². The largest absolute Gasteiger partial charge is 0.496 e. The highest BCUT2D eigenvalue weighted by atomic mass is 35.5. The normalized spacial score (nSPS) is 15.2. The number of benzene rings is 2. The Kier molecular flexibility index (Phi) is 5.27. The van der Waals surface area contributed by atoms with Gasteiger partial charge in [-0.1, -0.05) is 12.1 Å². The Morgan fingerprint density at radius 2 is 1.84 bits per heavy atom. The lowest BCUT2D eigenvalue weighted by atomic mass is 10.1. The van der Waals surface area contributed by atoms with Crippen LogP contribution in [0, 0.1) is 0 Å². The molecular formula is C19H20ClNO4. The highest BCUT2D eigenvalue weighted by Crippen LogP contribution is 2.30. The van der Waals surface area contributed by atoms with Crippen LogP contribution in [0.1, 0.15) is 5.56 Å². The first kappa shape index (κ1) is 17.7. The van der Waals surface area contributed by atoms with Gasteiger partial charge in [0, 0.05) is 19.6 Å². The number of hydrogen-bond acceptors (Lipinski definition) is 5. The molecule has 0 aliphatic carbocycles. The second kappa shape index (κ2) is 7.44. The van der Waals surface area contributed by atoms with E-state index in [1.54, 1.807) is 19.2 Å². The highest BCUT2D eigenvalue weighted by molar-refractivity contribution is 5.92. The maximum Gasteiger partial charge on any atom is 0.200 e. The van der Waals surface area contributed by atoms with E-state index in [4.69, 9.17) is 13.9 Å². The summed E-state index contributed by atoms with van der Waals surface area (Å²) in [5.41, 5.74) is 2.13. The van der Waals surface area contributed by atoms with Crippen LogP contribution >= 0.6 is 12.4 Å². The van der Waals surface area contributed by atoms with Crippen molar-refractivity contribution in [2.75, 3.05) is 33.4 Å². The maximum atomic E-state index is 12.8. The molecule has 5 nitrogen and oxygen atoms in total. The van der Waals surface area contributed by atoms with E-state index < -0.39 is 0 Å². The third-order valence-electron chi connectivity index (χ3n) is 4.51. The summed E-state index contributed by atoms with van der Waals surface area (Å²) in [6.07, 6.45) is 0. The zero-order chi connectivity index (χ0) is 16.5. The van der Waals surface area contributed by atoms with E-state index >= 15 is 0 Å². The molecule has 1 aliphatic rings. The molecule has 3 aromatic rings. The number of hydrogen-bond donors (Lipinski definition) is 0. The minimum atomic E-state index is -0.00210. The minimum absolute atomic E-state index is 0. The van der Waals surface area contributed by atoms with Crippen molar-refractivity contribution in [1.82, 2.24) is 4.90 Å². The number of halogens is 1. The van der Waals surface area contributed by atoms with E-state index in [0.717, 1.165) is 37.6 Å². The van der Waals surface area contributed by atoms with Crippen LogP contribution in [0.15, 0.2) is 45.6 Å². The first-order valence-corrected chi connectivity index (χ1v) is 8.09. The minimum Gasteiger partial charge on any atom is -0.496 e. The molecule has 0 spiro atoms. The summed E-state index contributed by atoms with van der Waals surface area (Å²) in [5.74, 6) is 0.743. The van der Waals surface area contributed by atoms with Crippen molar-refractivity contribution in [3.05, 3.63) is 52.2 Å². The summed E-state index contributed by atoms with van der Waals surface area (Å²) >= 11 is 0. The van der Waals surface area contributed by atoms with E-state index in [-0.39, 0.29) is 17.8 Å². The van der Waals surface area contributed by atoms with Gasteiger partial charge >= 0.3 is 0 Å². The molecule has 1 fully saturated rings. The van der Waals surface area contributed by atoms with Gasteiger partial charge in [0.05, 0.1) is 36.7 Å². The predicted octanol–water partition coefficient (Wildman–Crippen LogP) is 3.21. The zero-order valence-corrected chi connectivity index (χ0v) is 14.8. The molecule has 132 valence electrons. The average Bonchev–Trinajstić information content (AvgIpc) is 2.63. The quantitative estimate of drug-likeness (QED) is 0.670. The van der Waals surface area contributed by atoms with Gasteiger partial charge in [-0.2, -0.15) is 0 Å². The molecule has 0 N–H and O–H groups in total. The van der Waals surface area contributed by atoms with Crippen LogP contribution in [0.3, 0.4) is 0 Å². The van der Waals surface area contributed by atoms with Gasteiger partial charge in [0.25, 0.3) is 0 Å². The monoisotopic (exact) mass is 361 g/mol.